The highest BCUT2D eigenvalue weighted by molar-refractivity contribution is 6.15. The van der Waals surface area contributed by atoms with Crippen LogP contribution >= 0.6 is 11.8 Å². The molecule has 18 heteroatoms. The van der Waals surface area contributed by atoms with Gasteiger partial charge in [0.2, 0.25) is 0 Å². The number of aliphatic imine (C=N–C) groups is 1. The molecule has 4 heterocycles. The van der Waals surface area contributed by atoms with E-state index >= 15 is 0 Å². The van der Waals surface area contributed by atoms with E-state index in [0.29, 0.717) is 64.6 Å². The van der Waals surface area contributed by atoms with Gasteiger partial charge in [-0.05, 0) is 92.0 Å². The van der Waals surface area contributed by atoms with Gasteiger partial charge < -0.3 is 14.8 Å². The second-order valence-corrected chi connectivity index (χ2v) is 14.4. The van der Waals surface area contributed by atoms with Gasteiger partial charge in [0.15, 0.2) is 0 Å². The van der Waals surface area contributed by atoms with Crippen molar-refractivity contribution >= 4 is 29.1 Å². The summed E-state index contributed by atoms with van der Waals surface area (Å²) in [6, 6.07) is 34.1. The van der Waals surface area contributed by atoms with Gasteiger partial charge in [0, 0.05) is 54.3 Å². The zero-order valence-electron chi connectivity index (χ0n) is 35.0. The maximum Gasteiger partial charge on any atom is 0.141 e. The number of rotatable bonds is 15. The molecular weight excluding hydrogens is 828 g/mol. The third-order valence-corrected chi connectivity index (χ3v) is 9.87. The summed E-state index contributed by atoms with van der Waals surface area (Å²) in [5.41, 5.74) is 13.4. The van der Waals surface area contributed by atoms with Crippen LogP contribution in [0.2, 0.25) is 0 Å². The first-order chi connectivity index (χ1) is 30.7. The first kappa shape index (κ1) is 44.1. The molecule has 0 spiro atoms. The quantitative estimate of drug-likeness (QED) is 0.0843. The molecule has 4 aromatic carbocycles. The van der Waals surface area contributed by atoms with Crippen LogP contribution in [0.1, 0.15) is 56.6 Å². The van der Waals surface area contributed by atoms with E-state index < -0.39 is 0 Å². The number of aromatic nitrogens is 8. The monoisotopic (exact) mass is 873 g/mol. The minimum atomic E-state index is -0.326. The van der Waals surface area contributed by atoms with Gasteiger partial charge in [-0.2, -0.15) is 0 Å². The lowest BCUT2D eigenvalue weighted by Gasteiger charge is -2.26. The van der Waals surface area contributed by atoms with Crippen molar-refractivity contribution in [2.75, 3.05) is 18.5 Å². The minimum absolute atomic E-state index is 0.0620. The predicted octanol–water partition coefficient (Wildman–Crippen LogP) is 8.77. The molecule has 7 aromatic rings. The average Bonchev–Trinajstić information content (AvgIpc) is 3.93. The second-order valence-electron chi connectivity index (χ2n) is 14.1. The fraction of sp³-hybridized carbons (Fsp3) is 0.222. The lowest BCUT2D eigenvalue weighted by Crippen LogP contribution is -2.47. The van der Waals surface area contributed by atoms with E-state index in [4.69, 9.17) is 26.2 Å². The van der Waals surface area contributed by atoms with Crippen LogP contribution in [0.4, 0.5) is 14.6 Å². The molecule has 3 N–H and O–H groups in total. The number of hydrogen-bond donors (Lipinski definition) is 3. The van der Waals surface area contributed by atoms with Crippen molar-refractivity contribution in [1.82, 2.24) is 55.4 Å². The van der Waals surface area contributed by atoms with Crippen molar-refractivity contribution in [2.45, 2.75) is 53.2 Å². The number of benzene rings is 4. The fourth-order valence-corrected chi connectivity index (χ4v) is 6.71. The van der Waals surface area contributed by atoms with E-state index in [1.54, 1.807) is 33.6 Å². The van der Waals surface area contributed by atoms with E-state index in [1.165, 1.54) is 35.2 Å². The van der Waals surface area contributed by atoms with Crippen LogP contribution in [-0.2, 0) is 22.9 Å². The molecule has 0 radical (unpaired) electrons. The van der Waals surface area contributed by atoms with Gasteiger partial charge in [-0.1, -0.05) is 71.1 Å². The first-order valence-electron chi connectivity index (χ1n) is 20.2. The predicted molar refractivity (Wildman–Crippen MR) is 238 cm³/mol. The van der Waals surface area contributed by atoms with Crippen molar-refractivity contribution in [3.8, 4) is 33.9 Å². The molecule has 0 bridgehead atoms. The van der Waals surface area contributed by atoms with E-state index in [1.807, 2.05) is 81.4 Å². The van der Waals surface area contributed by atoms with Crippen LogP contribution in [0.5, 0.6) is 0 Å². The summed E-state index contributed by atoms with van der Waals surface area (Å²) >= 11 is 6.29. The molecule has 0 amide bonds. The smallest absolute Gasteiger partial charge is 0.141 e. The first-order valence-corrected chi connectivity index (χ1v) is 20.6. The number of ether oxygens (including phenoxy) is 2. The molecule has 63 heavy (non-hydrogen) atoms. The summed E-state index contributed by atoms with van der Waals surface area (Å²) in [7, 11) is 0. The van der Waals surface area contributed by atoms with Crippen molar-refractivity contribution in [3.05, 3.63) is 156 Å². The zero-order chi connectivity index (χ0) is 44.1. The van der Waals surface area contributed by atoms with Crippen molar-refractivity contribution < 1.29 is 18.3 Å². The van der Waals surface area contributed by atoms with Gasteiger partial charge in [-0.25, -0.2) is 28.1 Å². The lowest BCUT2D eigenvalue weighted by molar-refractivity contribution is 0.0770. The minimum Gasteiger partial charge on any atom is -0.363 e. The number of nitrogens with zero attached hydrogens (tertiary/aromatic N) is 10. The Kier molecular flexibility index (Phi) is 14.9. The maximum atomic E-state index is 13.5. The molecule has 0 aliphatic carbocycles. The normalized spacial score (nSPS) is 14.2. The Balaban J connectivity index is 0.000000189. The van der Waals surface area contributed by atoms with E-state index in [-0.39, 0.29) is 37.2 Å². The Morgan fingerprint density at radius 1 is 0.698 bits per heavy atom. The number of hydrogen-bond acceptors (Lipinski definition) is 12. The SMILES string of the molecule is CCOCn1nnc(-c2ccc(F)cc2)c1-c1cc(N[C@@H](C)c2ccccc2)ncn1.CCOCn1nnc(-c2ccc(F)cc2)c1C1=CC(=N[C@@H](C)c2ccccc2)NN(Cl)N1. The molecule has 0 unspecified atom stereocenters. The van der Waals surface area contributed by atoms with Crippen LogP contribution in [0.15, 0.2) is 133 Å². The molecule has 0 fully saturated rings. The van der Waals surface area contributed by atoms with Gasteiger partial charge in [0.05, 0.1) is 17.4 Å². The summed E-state index contributed by atoms with van der Waals surface area (Å²) < 4.78 is 42.4. The summed E-state index contributed by atoms with van der Waals surface area (Å²) in [4.78, 5) is 13.6. The summed E-state index contributed by atoms with van der Waals surface area (Å²) in [5, 5.41) is 20.5. The van der Waals surface area contributed by atoms with Gasteiger partial charge in [0.25, 0.3) is 0 Å². The molecule has 1 aliphatic rings. The van der Waals surface area contributed by atoms with Crippen LogP contribution in [0.25, 0.3) is 39.6 Å². The van der Waals surface area contributed by atoms with Gasteiger partial charge in [0.1, 0.15) is 65.9 Å². The summed E-state index contributed by atoms with van der Waals surface area (Å²) in [5.74, 6) is 0.595. The molecule has 2 atom stereocenters. The van der Waals surface area contributed by atoms with Crippen LogP contribution < -0.4 is 16.2 Å². The van der Waals surface area contributed by atoms with E-state index in [2.05, 4.69) is 65.8 Å². The molecule has 1 aliphatic heterocycles. The average molecular weight is 874 g/mol. The van der Waals surface area contributed by atoms with E-state index in [9.17, 15) is 8.78 Å². The highest BCUT2D eigenvalue weighted by Gasteiger charge is 2.25. The zero-order valence-corrected chi connectivity index (χ0v) is 35.8. The second kappa shape index (κ2) is 21.2. The van der Waals surface area contributed by atoms with Crippen molar-refractivity contribution in [2.24, 2.45) is 4.99 Å². The van der Waals surface area contributed by atoms with Gasteiger partial charge in [-0.3, -0.25) is 15.8 Å². The summed E-state index contributed by atoms with van der Waals surface area (Å²) in [6.45, 7) is 9.36. The van der Waals surface area contributed by atoms with Gasteiger partial charge in [-0.15, -0.1) is 10.2 Å². The Bertz CT molecular complexity index is 2610. The molecular formula is C45H46ClF2N13O2. The Morgan fingerprint density at radius 3 is 1.81 bits per heavy atom. The van der Waals surface area contributed by atoms with Crippen molar-refractivity contribution in [1.29, 1.82) is 0 Å². The van der Waals surface area contributed by atoms with E-state index in [0.717, 1.165) is 16.7 Å². The number of amidine groups is 1. The summed E-state index contributed by atoms with van der Waals surface area (Å²) in [6.07, 6.45) is 3.33. The molecule has 324 valence electrons. The topological polar surface area (TPSA) is 157 Å². The standard InChI is InChI=1S/C23H23FN6O.C22H23ClFN7O/c1-3-31-15-30-23(22(28-29-30)18-9-11-19(24)12-10-18)20-13-21(26-14-25-20)27-16(2)17-7-5-4-6-8-17;1-3-32-14-30-22(21(26-29-30)17-9-11-18(24)12-10-17)19-13-20(28-31(23)27-19)25-15(2)16-7-5-4-6-8-16/h4-14,16H,3,15H2,1-2H3,(H,25,26,27);4-13,15,27H,3,14H2,1-2H3,(H,25,28)/t16-;15-/m00/s1. The lowest BCUT2D eigenvalue weighted by atomic mass is 10.1. The molecule has 0 saturated heterocycles. The van der Waals surface area contributed by atoms with Gasteiger partial charge >= 0.3 is 0 Å². The third-order valence-electron chi connectivity index (χ3n) is 9.70. The number of hydrazine groups is 2. The highest BCUT2D eigenvalue weighted by atomic mass is 35.5. The molecule has 8 rings (SSSR count). The maximum absolute atomic E-state index is 13.5. The number of anilines is 1. The largest absolute Gasteiger partial charge is 0.363 e. The fourth-order valence-electron chi connectivity index (χ4n) is 6.54. The van der Waals surface area contributed by atoms with Crippen LogP contribution in [0, 0.1) is 11.6 Å². The highest BCUT2D eigenvalue weighted by Crippen LogP contribution is 2.31. The molecule has 0 saturated carbocycles. The third kappa shape index (κ3) is 11.3. The van der Waals surface area contributed by atoms with Crippen LogP contribution in [-0.4, -0.2) is 63.6 Å². The number of nitrogens with one attached hydrogen (secondary N) is 3. The number of halogens is 3. The molecule has 3 aromatic heterocycles. The molecule has 15 nitrogen and oxygen atoms in total. The van der Waals surface area contributed by atoms with Crippen molar-refractivity contribution in [3.63, 3.8) is 0 Å². The Hall–Kier alpha value is -6.92. The Morgan fingerprint density at radius 2 is 1.24 bits per heavy atom. The van der Waals surface area contributed by atoms with Crippen LogP contribution in [0.3, 0.4) is 0 Å². The Labute approximate surface area is 368 Å².